The van der Waals surface area contributed by atoms with Crippen LogP contribution >= 0.6 is 22.9 Å². The molecule has 2 heterocycles. The van der Waals surface area contributed by atoms with E-state index in [1.807, 2.05) is 20.8 Å². The van der Waals surface area contributed by atoms with Gasteiger partial charge in [-0.2, -0.15) is 0 Å². The Hall–Kier alpha value is -2.77. The summed E-state index contributed by atoms with van der Waals surface area (Å²) in [6.45, 7) is 6.09. The summed E-state index contributed by atoms with van der Waals surface area (Å²) in [7, 11) is -3.95. The molecule has 1 atom stereocenters. The van der Waals surface area contributed by atoms with E-state index in [1.54, 1.807) is 29.2 Å². The highest BCUT2D eigenvalue weighted by Gasteiger charge is 2.28. The number of ether oxygens (including phenoxy) is 1. The molecule has 1 aliphatic rings. The van der Waals surface area contributed by atoms with E-state index < -0.39 is 27.6 Å². The maximum absolute atomic E-state index is 12.8. The van der Waals surface area contributed by atoms with Crippen LogP contribution in [0.1, 0.15) is 36.3 Å². The van der Waals surface area contributed by atoms with Gasteiger partial charge in [0.05, 0.1) is 17.1 Å². The Morgan fingerprint density at radius 2 is 1.92 bits per heavy atom. The normalized spacial score (nSPS) is 14.8. The van der Waals surface area contributed by atoms with Crippen molar-refractivity contribution in [2.45, 2.75) is 56.8 Å². The number of carboxylic acid groups (broad SMARTS) is 1. The summed E-state index contributed by atoms with van der Waals surface area (Å²) in [4.78, 5) is 31.4. The fourth-order valence-electron chi connectivity index (χ4n) is 3.90. The molecule has 3 N–H and O–H groups in total. The Balaban J connectivity index is 1.36. The van der Waals surface area contributed by atoms with E-state index in [9.17, 15) is 23.1 Å². The number of nitrogens with zero attached hydrogens (tertiary/aromatic N) is 2. The predicted molar refractivity (Wildman–Crippen MR) is 145 cm³/mol. The van der Waals surface area contributed by atoms with E-state index in [-0.39, 0.29) is 24.1 Å². The molecule has 10 nitrogen and oxygen atoms in total. The van der Waals surface area contributed by atoms with Crippen molar-refractivity contribution in [3.63, 3.8) is 0 Å². The highest BCUT2D eigenvalue weighted by Crippen LogP contribution is 2.27. The number of rotatable bonds is 8. The van der Waals surface area contributed by atoms with Gasteiger partial charge in [-0.25, -0.2) is 22.9 Å². The first-order valence-corrected chi connectivity index (χ1v) is 14.6. The van der Waals surface area contributed by atoms with Gasteiger partial charge in [0.2, 0.25) is 10.0 Å². The first-order chi connectivity index (χ1) is 17.8. The summed E-state index contributed by atoms with van der Waals surface area (Å²) in [6.07, 6.45) is 0.190. The lowest BCUT2D eigenvalue weighted by Crippen LogP contribution is -2.45. The average Bonchev–Trinajstić information content (AvgIpc) is 3.24. The second-order valence-electron chi connectivity index (χ2n) is 9.91. The third-order valence-corrected chi connectivity index (χ3v) is 8.53. The molecule has 4 rings (SSSR count). The van der Waals surface area contributed by atoms with Gasteiger partial charge >= 0.3 is 12.1 Å². The van der Waals surface area contributed by atoms with Gasteiger partial charge in [0.1, 0.15) is 16.7 Å². The number of hydrogen-bond acceptors (Lipinski definition) is 8. The molecular formula is C25H29ClN4O6S2. The van der Waals surface area contributed by atoms with Gasteiger partial charge < -0.3 is 14.7 Å². The third-order valence-electron chi connectivity index (χ3n) is 5.79. The topological polar surface area (TPSA) is 138 Å². The summed E-state index contributed by atoms with van der Waals surface area (Å²) >= 11 is 7.37. The largest absolute Gasteiger partial charge is 0.480 e. The Morgan fingerprint density at radius 3 is 2.63 bits per heavy atom. The SMILES string of the molecule is CC(C)(C)OC(=O)N1CCc2nc(CNC(CNS(=O)(=O)c3ccc4cc(Cl)ccc4c3)C(=O)O)sc2C1. The summed E-state index contributed by atoms with van der Waals surface area (Å²) in [5, 5.41) is 15.2. The summed E-state index contributed by atoms with van der Waals surface area (Å²) in [6, 6.07) is 8.56. The van der Waals surface area contributed by atoms with Crippen molar-refractivity contribution >= 4 is 55.8 Å². The number of sulfonamides is 1. The minimum atomic E-state index is -3.95. The van der Waals surface area contributed by atoms with Crippen molar-refractivity contribution in [2.24, 2.45) is 0 Å². The van der Waals surface area contributed by atoms with E-state index in [2.05, 4.69) is 15.0 Å². The molecule has 0 fully saturated rings. The molecular weight excluding hydrogens is 552 g/mol. The lowest BCUT2D eigenvalue weighted by atomic mass is 10.1. The Kier molecular flexibility index (Phi) is 8.29. The minimum Gasteiger partial charge on any atom is -0.480 e. The molecule has 0 radical (unpaired) electrons. The van der Waals surface area contributed by atoms with Gasteiger partial charge in [-0.3, -0.25) is 10.1 Å². The molecule has 0 saturated heterocycles. The fourth-order valence-corrected chi connectivity index (χ4v) is 6.25. The van der Waals surface area contributed by atoms with Crippen LogP contribution in [0.25, 0.3) is 10.8 Å². The second-order valence-corrected chi connectivity index (χ2v) is 13.3. The van der Waals surface area contributed by atoms with Crippen LogP contribution < -0.4 is 10.0 Å². The number of thiazole rings is 1. The number of hydrogen-bond donors (Lipinski definition) is 3. The second kappa shape index (κ2) is 11.1. The molecule has 3 aromatic rings. The molecule has 0 bridgehead atoms. The van der Waals surface area contributed by atoms with Crippen molar-refractivity contribution in [3.8, 4) is 0 Å². The molecule has 38 heavy (non-hydrogen) atoms. The van der Waals surface area contributed by atoms with Crippen LogP contribution in [0.15, 0.2) is 41.3 Å². The van der Waals surface area contributed by atoms with E-state index in [4.69, 9.17) is 16.3 Å². The first kappa shape index (κ1) is 28.2. The van der Waals surface area contributed by atoms with Gasteiger partial charge in [-0.1, -0.05) is 23.7 Å². The van der Waals surface area contributed by atoms with Crippen LogP contribution in [0.2, 0.25) is 5.02 Å². The van der Waals surface area contributed by atoms with Crippen LogP contribution in [0, 0.1) is 0 Å². The number of benzene rings is 2. The molecule has 0 spiro atoms. The van der Waals surface area contributed by atoms with E-state index >= 15 is 0 Å². The fraction of sp³-hybridized carbons (Fsp3) is 0.400. The maximum atomic E-state index is 12.8. The van der Waals surface area contributed by atoms with Crippen molar-refractivity contribution in [1.82, 2.24) is 19.9 Å². The quantitative estimate of drug-likeness (QED) is 0.366. The number of halogens is 1. The summed E-state index contributed by atoms with van der Waals surface area (Å²) in [5.74, 6) is -1.20. The zero-order valence-electron chi connectivity index (χ0n) is 21.2. The highest BCUT2D eigenvalue weighted by atomic mass is 35.5. The molecule has 1 aliphatic heterocycles. The lowest BCUT2D eigenvalue weighted by Gasteiger charge is -2.29. The summed E-state index contributed by atoms with van der Waals surface area (Å²) in [5.41, 5.74) is 0.285. The standard InChI is InChI=1S/C25H29ClN4O6S2/c1-25(2,3)36-24(33)30-9-8-19-21(14-30)37-22(29-19)13-27-20(23(31)32)12-28-38(34,35)18-7-5-15-10-17(26)6-4-16(15)11-18/h4-7,10-11,20,27-28H,8-9,12-14H2,1-3H3,(H,31,32). The Morgan fingerprint density at radius 1 is 1.21 bits per heavy atom. The number of carbonyl (C=O) groups is 2. The predicted octanol–water partition coefficient (Wildman–Crippen LogP) is 3.76. The number of fused-ring (bicyclic) bond motifs is 2. The van der Waals surface area contributed by atoms with Gasteiger partial charge in [0, 0.05) is 36.0 Å². The van der Waals surface area contributed by atoms with Gasteiger partial charge in [0.15, 0.2) is 0 Å². The maximum Gasteiger partial charge on any atom is 0.410 e. The van der Waals surface area contributed by atoms with Crippen molar-refractivity contribution in [1.29, 1.82) is 0 Å². The van der Waals surface area contributed by atoms with E-state index in [0.29, 0.717) is 34.9 Å². The smallest absolute Gasteiger partial charge is 0.410 e. The van der Waals surface area contributed by atoms with E-state index in [1.165, 1.54) is 23.5 Å². The highest BCUT2D eigenvalue weighted by molar-refractivity contribution is 7.89. The zero-order valence-corrected chi connectivity index (χ0v) is 23.5. The molecule has 1 amide bonds. The number of nitrogens with one attached hydrogen (secondary N) is 2. The van der Waals surface area contributed by atoms with Crippen LogP contribution in [0.3, 0.4) is 0 Å². The Bertz CT molecular complexity index is 1470. The lowest BCUT2D eigenvalue weighted by molar-refractivity contribution is -0.139. The number of aromatic nitrogens is 1. The van der Waals surface area contributed by atoms with Crippen LogP contribution in [-0.2, 0) is 39.1 Å². The molecule has 0 saturated carbocycles. The first-order valence-electron chi connectivity index (χ1n) is 11.9. The summed E-state index contributed by atoms with van der Waals surface area (Å²) < 4.78 is 33.5. The van der Waals surface area contributed by atoms with Crippen LogP contribution in [0.5, 0.6) is 0 Å². The minimum absolute atomic E-state index is 0.0265. The average molecular weight is 581 g/mol. The third kappa shape index (κ3) is 7.00. The van der Waals surface area contributed by atoms with Gasteiger partial charge in [-0.05, 0) is 55.8 Å². The van der Waals surface area contributed by atoms with Crippen LogP contribution in [0.4, 0.5) is 4.79 Å². The van der Waals surface area contributed by atoms with Crippen molar-refractivity contribution in [3.05, 3.63) is 57.0 Å². The Labute approximate surface area is 230 Å². The molecule has 13 heteroatoms. The number of aliphatic carboxylic acids is 1. The van der Waals surface area contributed by atoms with E-state index in [0.717, 1.165) is 16.0 Å². The molecule has 1 aromatic heterocycles. The number of amides is 1. The molecule has 204 valence electrons. The van der Waals surface area contributed by atoms with Gasteiger partial charge in [0.25, 0.3) is 0 Å². The van der Waals surface area contributed by atoms with Crippen molar-refractivity contribution < 1.29 is 27.9 Å². The molecule has 0 aliphatic carbocycles. The number of carboxylic acids is 1. The van der Waals surface area contributed by atoms with Crippen molar-refractivity contribution in [2.75, 3.05) is 13.1 Å². The number of carbonyl (C=O) groups excluding carboxylic acids is 1. The van der Waals surface area contributed by atoms with Gasteiger partial charge in [-0.15, -0.1) is 11.3 Å². The molecule has 2 aromatic carbocycles. The zero-order chi connectivity index (χ0) is 27.7. The van der Waals surface area contributed by atoms with Crippen LogP contribution in [-0.4, -0.2) is 60.2 Å². The molecule has 1 unspecified atom stereocenters. The monoisotopic (exact) mass is 580 g/mol.